The summed E-state index contributed by atoms with van der Waals surface area (Å²) in [6.07, 6.45) is 6.57. The molecular formula is C14H26N2O3S. The first-order valence-corrected chi connectivity index (χ1v) is 8.52. The molecule has 0 aromatic heterocycles. The van der Waals surface area contributed by atoms with Crippen molar-refractivity contribution in [2.75, 3.05) is 12.0 Å². The minimum atomic E-state index is -0.974. The number of rotatable bonds is 6. The second-order valence-electron chi connectivity index (χ2n) is 6.25. The normalized spacial score (nSPS) is 22.9. The number of hydrogen-bond acceptors (Lipinski definition) is 3. The summed E-state index contributed by atoms with van der Waals surface area (Å²) in [7, 11) is 0. The van der Waals surface area contributed by atoms with Crippen molar-refractivity contribution in [3.63, 3.8) is 0 Å². The van der Waals surface area contributed by atoms with Crippen LogP contribution in [0, 0.1) is 5.41 Å². The Hall–Kier alpha value is -0.910. The smallest absolute Gasteiger partial charge is 0.326 e. The summed E-state index contributed by atoms with van der Waals surface area (Å²) >= 11 is 1.57. The Balaban J connectivity index is 2.43. The number of carbonyl (C=O) groups is 2. The van der Waals surface area contributed by atoms with Crippen LogP contribution in [-0.2, 0) is 4.79 Å². The first-order valence-electron chi connectivity index (χ1n) is 7.13. The van der Waals surface area contributed by atoms with E-state index in [0.717, 1.165) is 19.3 Å². The van der Waals surface area contributed by atoms with Gasteiger partial charge < -0.3 is 15.7 Å². The van der Waals surface area contributed by atoms with Crippen molar-refractivity contribution in [1.29, 1.82) is 0 Å². The Labute approximate surface area is 125 Å². The molecule has 1 aliphatic rings. The molecule has 0 heterocycles. The molecule has 0 bridgehead atoms. The van der Waals surface area contributed by atoms with E-state index in [1.807, 2.05) is 6.26 Å². The molecule has 0 radical (unpaired) electrons. The van der Waals surface area contributed by atoms with E-state index in [-0.39, 0.29) is 17.5 Å². The van der Waals surface area contributed by atoms with Crippen LogP contribution in [0.2, 0.25) is 0 Å². The van der Waals surface area contributed by atoms with Gasteiger partial charge in [-0.15, -0.1) is 0 Å². The largest absolute Gasteiger partial charge is 0.480 e. The fourth-order valence-corrected chi connectivity index (χ4v) is 3.17. The van der Waals surface area contributed by atoms with E-state index < -0.39 is 12.0 Å². The molecule has 1 unspecified atom stereocenters. The second kappa shape index (κ2) is 7.76. The monoisotopic (exact) mass is 302 g/mol. The topological polar surface area (TPSA) is 78.4 Å². The van der Waals surface area contributed by atoms with Crippen LogP contribution in [0.5, 0.6) is 0 Å². The van der Waals surface area contributed by atoms with Gasteiger partial charge in [0.1, 0.15) is 6.04 Å². The quantitative estimate of drug-likeness (QED) is 0.704. The van der Waals surface area contributed by atoms with Crippen LogP contribution in [-0.4, -0.2) is 41.2 Å². The third-order valence-electron chi connectivity index (χ3n) is 3.75. The Kier molecular flexibility index (Phi) is 6.65. The van der Waals surface area contributed by atoms with Crippen molar-refractivity contribution < 1.29 is 14.7 Å². The molecule has 2 atom stereocenters. The summed E-state index contributed by atoms with van der Waals surface area (Å²) in [6.45, 7) is 4.41. The van der Waals surface area contributed by atoms with E-state index in [1.54, 1.807) is 11.8 Å². The second-order valence-corrected chi connectivity index (χ2v) is 7.23. The molecule has 1 aliphatic carbocycles. The molecular weight excluding hydrogens is 276 g/mol. The first kappa shape index (κ1) is 17.1. The first-order chi connectivity index (χ1) is 9.34. The number of urea groups is 1. The lowest BCUT2D eigenvalue weighted by molar-refractivity contribution is -0.139. The van der Waals surface area contributed by atoms with E-state index in [4.69, 9.17) is 5.11 Å². The predicted octanol–water partition coefficient (Wildman–Crippen LogP) is 2.46. The molecule has 0 aliphatic heterocycles. The van der Waals surface area contributed by atoms with Gasteiger partial charge in [-0.2, -0.15) is 11.8 Å². The summed E-state index contributed by atoms with van der Waals surface area (Å²) in [4.78, 5) is 23.0. The maximum absolute atomic E-state index is 11.9. The van der Waals surface area contributed by atoms with Gasteiger partial charge in [0, 0.05) is 6.04 Å². The van der Waals surface area contributed by atoms with E-state index >= 15 is 0 Å². The minimum absolute atomic E-state index is 0.147. The number of carbonyl (C=O) groups excluding carboxylic acids is 1. The number of carboxylic acids is 1. The van der Waals surface area contributed by atoms with Crippen molar-refractivity contribution in [2.45, 2.75) is 58.0 Å². The van der Waals surface area contributed by atoms with Crippen molar-refractivity contribution in [3.8, 4) is 0 Å². The molecule has 5 nitrogen and oxygen atoms in total. The highest BCUT2D eigenvalue weighted by molar-refractivity contribution is 7.98. The molecule has 20 heavy (non-hydrogen) atoms. The zero-order valence-corrected chi connectivity index (χ0v) is 13.4. The minimum Gasteiger partial charge on any atom is -0.480 e. The highest BCUT2D eigenvalue weighted by atomic mass is 32.2. The maximum Gasteiger partial charge on any atom is 0.326 e. The molecule has 3 N–H and O–H groups in total. The lowest BCUT2D eigenvalue weighted by Gasteiger charge is -2.35. The van der Waals surface area contributed by atoms with Crippen LogP contribution in [0.4, 0.5) is 4.79 Å². The zero-order valence-electron chi connectivity index (χ0n) is 12.6. The van der Waals surface area contributed by atoms with Gasteiger partial charge in [0.25, 0.3) is 0 Å². The third kappa shape index (κ3) is 6.03. The van der Waals surface area contributed by atoms with Gasteiger partial charge in [-0.05, 0) is 43.1 Å². The fourth-order valence-electron chi connectivity index (χ4n) is 2.70. The van der Waals surface area contributed by atoms with Gasteiger partial charge in [-0.1, -0.05) is 20.3 Å². The number of hydrogen-bond donors (Lipinski definition) is 3. The maximum atomic E-state index is 11.9. The van der Waals surface area contributed by atoms with Gasteiger partial charge in [-0.3, -0.25) is 0 Å². The van der Waals surface area contributed by atoms with Gasteiger partial charge in [0.05, 0.1) is 0 Å². The SMILES string of the molecule is CSCC[C@@H](NC(=O)NC1CCCC(C)(C)C1)C(=O)O. The molecule has 1 fully saturated rings. The Morgan fingerprint density at radius 2 is 2.15 bits per heavy atom. The Bertz CT molecular complexity index is 347. The summed E-state index contributed by atoms with van der Waals surface area (Å²) in [5.41, 5.74) is 0.251. The van der Waals surface area contributed by atoms with Crippen LogP contribution in [0.1, 0.15) is 46.0 Å². The number of amides is 2. The average molecular weight is 302 g/mol. The summed E-state index contributed by atoms with van der Waals surface area (Å²) in [5.74, 6) is -0.258. The number of nitrogens with one attached hydrogen (secondary N) is 2. The number of carboxylic acid groups (broad SMARTS) is 1. The highest BCUT2D eigenvalue weighted by Crippen LogP contribution is 2.34. The molecule has 1 rings (SSSR count). The zero-order chi connectivity index (χ0) is 15.2. The standard InChI is InChI=1S/C14H26N2O3S/c1-14(2)7-4-5-10(9-14)15-13(19)16-11(12(17)18)6-8-20-3/h10-11H,4-9H2,1-3H3,(H,17,18)(H2,15,16,19)/t10?,11-/m1/s1. The van der Waals surface area contributed by atoms with E-state index in [2.05, 4.69) is 24.5 Å². The fraction of sp³-hybridized carbons (Fsp3) is 0.857. The molecule has 2 amide bonds. The van der Waals surface area contributed by atoms with Crippen LogP contribution < -0.4 is 10.6 Å². The Morgan fingerprint density at radius 1 is 1.45 bits per heavy atom. The van der Waals surface area contributed by atoms with Crippen molar-refractivity contribution in [3.05, 3.63) is 0 Å². The van der Waals surface area contributed by atoms with Crippen molar-refractivity contribution >= 4 is 23.8 Å². The predicted molar refractivity (Wildman–Crippen MR) is 82.1 cm³/mol. The van der Waals surface area contributed by atoms with E-state index in [9.17, 15) is 9.59 Å². The van der Waals surface area contributed by atoms with E-state index in [1.165, 1.54) is 6.42 Å². The molecule has 116 valence electrons. The number of thioether (sulfide) groups is 1. The highest BCUT2D eigenvalue weighted by Gasteiger charge is 2.29. The number of aliphatic carboxylic acids is 1. The summed E-state index contributed by atoms with van der Waals surface area (Å²) < 4.78 is 0. The molecule has 0 saturated heterocycles. The van der Waals surface area contributed by atoms with Gasteiger partial charge >= 0.3 is 12.0 Å². The summed E-state index contributed by atoms with van der Waals surface area (Å²) in [5, 5.41) is 14.6. The lowest BCUT2D eigenvalue weighted by Crippen LogP contribution is -2.50. The van der Waals surface area contributed by atoms with Crippen LogP contribution in [0.3, 0.4) is 0 Å². The van der Waals surface area contributed by atoms with Gasteiger partial charge in [0.2, 0.25) is 0 Å². The Morgan fingerprint density at radius 3 is 2.70 bits per heavy atom. The van der Waals surface area contributed by atoms with Gasteiger partial charge in [-0.25, -0.2) is 9.59 Å². The van der Waals surface area contributed by atoms with Crippen LogP contribution in [0.25, 0.3) is 0 Å². The molecule has 1 saturated carbocycles. The van der Waals surface area contributed by atoms with Crippen molar-refractivity contribution in [2.24, 2.45) is 5.41 Å². The van der Waals surface area contributed by atoms with E-state index in [0.29, 0.717) is 12.2 Å². The average Bonchev–Trinajstić information content (AvgIpc) is 2.32. The lowest BCUT2D eigenvalue weighted by atomic mass is 9.75. The third-order valence-corrected chi connectivity index (χ3v) is 4.40. The van der Waals surface area contributed by atoms with Crippen LogP contribution >= 0.6 is 11.8 Å². The van der Waals surface area contributed by atoms with Crippen molar-refractivity contribution in [1.82, 2.24) is 10.6 Å². The van der Waals surface area contributed by atoms with Gasteiger partial charge in [0.15, 0.2) is 0 Å². The molecule has 0 aromatic carbocycles. The molecule has 6 heteroatoms. The molecule has 0 spiro atoms. The summed E-state index contributed by atoms with van der Waals surface area (Å²) in [6, 6.07) is -1.02. The van der Waals surface area contributed by atoms with Crippen LogP contribution in [0.15, 0.2) is 0 Å². The molecule has 0 aromatic rings.